The zero-order valence-electron chi connectivity index (χ0n) is 9.84. The van der Waals surface area contributed by atoms with Crippen molar-refractivity contribution in [2.75, 3.05) is 5.32 Å². The van der Waals surface area contributed by atoms with Gasteiger partial charge >= 0.3 is 5.97 Å². The van der Waals surface area contributed by atoms with Crippen LogP contribution in [0.1, 0.15) is 10.5 Å². The van der Waals surface area contributed by atoms with Gasteiger partial charge in [-0.15, -0.1) is 0 Å². The van der Waals surface area contributed by atoms with Crippen molar-refractivity contribution in [2.45, 2.75) is 6.54 Å². The van der Waals surface area contributed by atoms with Crippen LogP contribution in [0.15, 0.2) is 47.1 Å². The average molecular weight is 323 g/mol. The van der Waals surface area contributed by atoms with E-state index in [1.807, 2.05) is 6.07 Å². The largest absolute Gasteiger partial charge is 0.480 e. The van der Waals surface area contributed by atoms with E-state index in [4.69, 9.17) is 5.11 Å². The van der Waals surface area contributed by atoms with E-state index >= 15 is 0 Å². The van der Waals surface area contributed by atoms with Gasteiger partial charge in [0.2, 0.25) is 0 Å². The predicted molar refractivity (Wildman–Crippen MR) is 74.2 cm³/mol. The normalized spacial score (nSPS) is 10.2. The first-order valence-electron chi connectivity index (χ1n) is 5.50. The van der Waals surface area contributed by atoms with Crippen LogP contribution in [0.2, 0.25) is 0 Å². The van der Waals surface area contributed by atoms with Gasteiger partial charge in [-0.1, -0.05) is 22.0 Å². The summed E-state index contributed by atoms with van der Waals surface area (Å²) in [7, 11) is 0. The van der Waals surface area contributed by atoms with Crippen molar-refractivity contribution in [1.29, 1.82) is 0 Å². The van der Waals surface area contributed by atoms with Crippen LogP contribution in [0, 0.1) is 0 Å². The summed E-state index contributed by atoms with van der Waals surface area (Å²) < 4.78 is 2.24. The molecule has 1 amide bonds. The zero-order chi connectivity index (χ0) is 13.8. The Hall–Kier alpha value is -2.08. The molecule has 1 aromatic heterocycles. The van der Waals surface area contributed by atoms with Crippen molar-refractivity contribution < 1.29 is 14.7 Å². The summed E-state index contributed by atoms with van der Waals surface area (Å²) in [5.74, 6) is -1.34. The molecule has 2 aromatic rings. The van der Waals surface area contributed by atoms with Gasteiger partial charge in [0.1, 0.15) is 12.2 Å². The van der Waals surface area contributed by atoms with E-state index < -0.39 is 5.97 Å². The van der Waals surface area contributed by atoms with Crippen molar-refractivity contribution >= 4 is 33.5 Å². The summed E-state index contributed by atoms with van der Waals surface area (Å²) in [6.45, 7) is -0.242. The third kappa shape index (κ3) is 3.45. The molecule has 0 unspecified atom stereocenters. The number of carbonyl (C=O) groups excluding carboxylic acids is 1. The number of aromatic nitrogens is 1. The number of carbonyl (C=O) groups is 2. The highest BCUT2D eigenvalue weighted by Gasteiger charge is 2.12. The Morgan fingerprint density at radius 3 is 2.74 bits per heavy atom. The topological polar surface area (TPSA) is 71.3 Å². The molecule has 2 rings (SSSR count). The molecule has 1 heterocycles. The summed E-state index contributed by atoms with van der Waals surface area (Å²) in [6.07, 6.45) is 1.56. The van der Waals surface area contributed by atoms with Crippen LogP contribution in [-0.4, -0.2) is 21.6 Å². The molecule has 5 nitrogen and oxygen atoms in total. The number of nitrogens with one attached hydrogen (secondary N) is 1. The molecular formula is C13H11BrN2O3. The maximum Gasteiger partial charge on any atom is 0.323 e. The highest BCUT2D eigenvalue weighted by atomic mass is 79.9. The van der Waals surface area contributed by atoms with E-state index in [0.29, 0.717) is 11.4 Å². The SMILES string of the molecule is O=C(O)Cn1cccc1C(=O)Nc1cccc(Br)c1. The molecule has 0 saturated carbocycles. The second-order valence-electron chi connectivity index (χ2n) is 3.88. The molecule has 0 spiro atoms. The quantitative estimate of drug-likeness (QED) is 0.908. The maximum atomic E-state index is 12.0. The third-order valence-electron chi connectivity index (χ3n) is 2.45. The summed E-state index contributed by atoms with van der Waals surface area (Å²) in [5.41, 5.74) is 0.949. The molecule has 0 aliphatic heterocycles. The van der Waals surface area contributed by atoms with Gasteiger partial charge in [-0.3, -0.25) is 9.59 Å². The van der Waals surface area contributed by atoms with Gasteiger partial charge in [0.05, 0.1) is 0 Å². The van der Waals surface area contributed by atoms with Gasteiger partial charge in [-0.05, 0) is 30.3 Å². The molecule has 0 atom stereocenters. The molecule has 0 saturated heterocycles. The van der Waals surface area contributed by atoms with Gasteiger partial charge < -0.3 is 15.0 Å². The van der Waals surface area contributed by atoms with Crippen molar-refractivity contribution in [3.8, 4) is 0 Å². The number of hydrogen-bond donors (Lipinski definition) is 2. The summed E-state index contributed by atoms with van der Waals surface area (Å²) >= 11 is 3.31. The van der Waals surface area contributed by atoms with Gasteiger partial charge in [-0.25, -0.2) is 0 Å². The molecule has 0 aliphatic carbocycles. The van der Waals surface area contributed by atoms with Crippen molar-refractivity contribution in [1.82, 2.24) is 4.57 Å². The Balaban J connectivity index is 2.16. The van der Waals surface area contributed by atoms with E-state index in [1.54, 1.807) is 36.5 Å². The van der Waals surface area contributed by atoms with Crippen LogP contribution in [0.3, 0.4) is 0 Å². The molecule has 0 bridgehead atoms. The predicted octanol–water partition coefficient (Wildman–Crippen LogP) is 2.59. The van der Waals surface area contributed by atoms with Gasteiger partial charge in [-0.2, -0.15) is 0 Å². The molecule has 98 valence electrons. The number of carboxylic acid groups (broad SMARTS) is 1. The van der Waals surface area contributed by atoms with Crippen LogP contribution in [0.25, 0.3) is 0 Å². The van der Waals surface area contributed by atoms with Crippen LogP contribution < -0.4 is 5.32 Å². The number of halogens is 1. The van der Waals surface area contributed by atoms with E-state index in [-0.39, 0.29) is 12.5 Å². The number of carboxylic acids is 1. The summed E-state index contributed by atoms with van der Waals surface area (Å²) in [4.78, 5) is 22.7. The van der Waals surface area contributed by atoms with Crippen LogP contribution in [0.4, 0.5) is 5.69 Å². The van der Waals surface area contributed by atoms with Crippen molar-refractivity contribution in [3.63, 3.8) is 0 Å². The number of benzene rings is 1. The lowest BCUT2D eigenvalue weighted by Gasteiger charge is -2.08. The van der Waals surface area contributed by atoms with E-state index in [0.717, 1.165) is 4.47 Å². The number of hydrogen-bond acceptors (Lipinski definition) is 2. The van der Waals surface area contributed by atoms with E-state index in [1.165, 1.54) is 4.57 Å². The number of aliphatic carboxylic acids is 1. The molecule has 0 fully saturated rings. The molecule has 0 aliphatic rings. The smallest absolute Gasteiger partial charge is 0.323 e. The summed E-state index contributed by atoms with van der Waals surface area (Å²) in [5, 5.41) is 11.5. The summed E-state index contributed by atoms with van der Waals surface area (Å²) in [6, 6.07) is 10.4. The lowest BCUT2D eigenvalue weighted by Crippen LogP contribution is -2.19. The van der Waals surface area contributed by atoms with E-state index in [9.17, 15) is 9.59 Å². The minimum absolute atomic E-state index is 0.242. The second-order valence-corrected chi connectivity index (χ2v) is 4.80. The lowest BCUT2D eigenvalue weighted by molar-refractivity contribution is -0.137. The highest BCUT2D eigenvalue weighted by molar-refractivity contribution is 9.10. The van der Waals surface area contributed by atoms with Gasteiger partial charge in [0, 0.05) is 16.4 Å². The molecule has 2 N–H and O–H groups in total. The first kappa shape index (κ1) is 13.4. The van der Waals surface area contributed by atoms with Gasteiger partial charge in [0.15, 0.2) is 0 Å². The van der Waals surface area contributed by atoms with Gasteiger partial charge in [0.25, 0.3) is 5.91 Å². The fourth-order valence-corrected chi connectivity index (χ4v) is 2.06. The Morgan fingerprint density at radius 2 is 2.05 bits per heavy atom. The number of amides is 1. The fourth-order valence-electron chi connectivity index (χ4n) is 1.67. The average Bonchev–Trinajstić information content (AvgIpc) is 2.76. The standard InChI is InChI=1S/C13H11BrN2O3/c14-9-3-1-4-10(7-9)15-13(19)11-5-2-6-16(11)8-12(17)18/h1-7H,8H2,(H,15,19)(H,17,18). The van der Waals surface area contributed by atoms with Crippen molar-refractivity contribution in [3.05, 3.63) is 52.8 Å². The van der Waals surface area contributed by atoms with Crippen LogP contribution in [-0.2, 0) is 11.3 Å². The molecular weight excluding hydrogens is 312 g/mol. The highest BCUT2D eigenvalue weighted by Crippen LogP contribution is 2.16. The minimum atomic E-state index is -0.993. The number of rotatable bonds is 4. The Kier molecular flexibility index (Phi) is 4.01. The Bertz CT molecular complexity index is 622. The lowest BCUT2D eigenvalue weighted by atomic mass is 10.3. The van der Waals surface area contributed by atoms with E-state index in [2.05, 4.69) is 21.2 Å². The Labute approximate surface area is 118 Å². The van der Waals surface area contributed by atoms with Crippen LogP contribution in [0.5, 0.6) is 0 Å². The Morgan fingerprint density at radius 1 is 1.26 bits per heavy atom. The molecule has 0 radical (unpaired) electrons. The second kappa shape index (κ2) is 5.71. The first-order chi connectivity index (χ1) is 9.06. The molecule has 6 heteroatoms. The molecule has 1 aromatic carbocycles. The maximum absolute atomic E-state index is 12.0. The van der Waals surface area contributed by atoms with Crippen LogP contribution >= 0.6 is 15.9 Å². The molecule has 19 heavy (non-hydrogen) atoms. The minimum Gasteiger partial charge on any atom is -0.480 e. The zero-order valence-corrected chi connectivity index (χ0v) is 11.4. The first-order valence-corrected chi connectivity index (χ1v) is 6.29. The number of nitrogens with zero attached hydrogens (tertiary/aromatic N) is 1. The number of anilines is 1. The fraction of sp³-hybridized carbons (Fsp3) is 0.0769. The monoisotopic (exact) mass is 322 g/mol. The third-order valence-corrected chi connectivity index (χ3v) is 2.94. The van der Waals surface area contributed by atoms with Crippen molar-refractivity contribution in [2.24, 2.45) is 0 Å².